The topological polar surface area (TPSA) is 96.0 Å². The summed E-state index contributed by atoms with van der Waals surface area (Å²) < 4.78 is 48.0. The van der Waals surface area contributed by atoms with E-state index >= 15 is 0 Å². The van der Waals surface area contributed by atoms with Crippen LogP contribution >= 0.6 is 0 Å². The number of halogens is 1. The van der Waals surface area contributed by atoms with Gasteiger partial charge in [0.15, 0.2) is 0 Å². The largest absolute Gasteiger partial charge is 0.495 e. The highest BCUT2D eigenvalue weighted by Gasteiger charge is 2.35. The lowest BCUT2D eigenvalue weighted by molar-refractivity contribution is -0.140. The molecule has 1 aliphatic rings. The van der Waals surface area contributed by atoms with Crippen LogP contribution in [-0.4, -0.2) is 50.9 Å². The summed E-state index contributed by atoms with van der Waals surface area (Å²) in [6.07, 6.45) is 4.14. The van der Waals surface area contributed by atoms with Crippen LogP contribution in [0.2, 0.25) is 0 Å². The molecule has 0 heterocycles. The first kappa shape index (κ1) is 30.0. The summed E-state index contributed by atoms with van der Waals surface area (Å²) in [5, 5.41) is 3.07. The number of carbonyl (C=O) groups excluding carboxylic acids is 2. The molecule has 8 nitrogen and oxygen atoms in total. The van der Waals surface area contributed by atoms with E-state index in [1.165, 1.54) is 36.3 Å². The Hall–Kier alpha value is -3.92. The van der Waals surface area contributed by atoms with Gasteiger partial charge < -0.3 is 15.0 Å². The number of carbonyl (C=O) groups is 2. The molecule has 10 heteroatoms. The predicted octanol–water partition coefficient (Wildman–Crippen LogP) is 4.90. The molecule has 0 spiro atoms. The smallest absolute Gasteiger partial charge is 0.264 e. The number of para-hydroxylation sites is 2. The molecule has 0 unspecified atom stereocenters. The fourth-order valence-corrected chi connectivity index (χ4v) is 6.59. The van der Waals surface area contributed by atoms with Crippen molar-refractivity contribution in [3.63, 3.8) is 0 Å². The maximum Gasteiger partial charge on any atom is 0.264 e. The Bertz CT molecular complexity index is 1430. The first-order chi connectivity index (χ1) is 19.7. The Balaban J connectivity index is 1.73. The van der Waals surface area contributed by atoms with Gasteiger partial charge >= 0.3 is 0 Å². The van der Waals surface area contributed by atoms with E-state index in [0.29, 0.717) is 12.0 Å². The molecular formula is C31H36FN3O5S. The van der Waals surface area contributed by atoms with E-state index in [2.05, 4.69) is 5.32 Å². The number of amides is 2. The standard InChI is InChI=1S/C31H36FN3O5S/c1-3-27(31(37)33-25-11-7-8-12-25)34(21-23-17-19-24(32)20-18-23)30(36)22-35(28-15-9-10-16-29(28)40-2)41(38,39)26-13-5-4-6-14-26/h4-6,9-10,13-20,25,27H,3,7-8,11-12,21-22H2,1-2H3,(H,33,37)/t27-/m1/s1. The van der Waals surface area contributed by atoms with Gasteiger partial charge in [-0.3, -0.25) is 13.9 Å². The Morgan fingerprint density at radius 1 is 0.976 bits per heavy atom. The molecule has 3 aromatic carbocycles. The second kappa shape index (κ2) is 13.6. The zero-order chi connectivity index (χ0) is 29.4. The molecule has 218 valence electrons. The van der Waals surface area contributed by atoms with Gasteiger partial charge in [-0.05, 0) is 61.2 Å². The molecule has 1 aliphatic carbocycles. The monoisotopic (exact) mass is 581 g/mol. The lowest BCUT2D eigenvalue weighted by atomic mass is 10.1. The van der Waals surface area contributed by atoms with Crippen molar-refractivity contribution in [1.82, 2.24) is 10.2 Å². The molecule has 3 aromatic rings. The Labute approximate surface area is 241 Å². The zero-order valence-corrected chi connectivity index (χ0v) is 24.1. The number of benzene rings is 3. The minimum absolute atomic E-state index is 0.000849. The first-order valence-electron chi connectivity index (χ1n) is 13.8. The third-order valence-corrected chi connectivity index (χ3v) is 9.09. The highest BCUT2D eigenvalue weighted by atomic mass is 32.2. The van der Waals surface area contributed by atoms with E-state index in [9.17, 15) is 22.4 Å². The minimum atomic E-state index is -4.21. The lowest BCUT2D eigenvalue weighted by Gasteiger charge is -2.34. The molecule has 0 aliphatic heterocycles. The Morgan fingerprint density at radius 3 is 2.24 bits per heavy atom. The molecule has 1 N–H and O–H groups in total. The van der Waals surface area contributed by atoms with Crippen molar-refractivity contribution < 1.29 is 27.1 Å². The quantitative estimate of drug-likeness (QED) is 0.329. The third-order valence-electron chi connectivity index (χ3n) is 7.32. The summed E-state index contributed by atoms with van der Waals surface area (Å²) >= 11 is 0. The number of methoxy groups -OCH3 is 1. The first-order valence-corrected chi connectivity index (χ1v) is 15.2. The number of sulfonamides is 1. The van der Waals surface area contributed by atoms with Crippen LogP contribution in [0.25, 0.3) is 0 Å². The third kappa shape index (κ3) is 7.24. The maximum atomic E-state index is 14.1. The molecule has 0 radical (unpaired) electrons. The van der Waals surface area contributed by atoms with Gasteiger partial charge in [0.1, 0.15) is 24.2 Å². The van der Waals surface area contributed by atoms with Crippen LogP contribution in [0.3, 0.4) is 0 Å². The van der Waals surface area contributed by atoms with Crippen molar-refractivity contribution >= 4 is 27.5 Å². The number of ether oxygens (including phenoxy) is 1. The minimum Gasteiger partial charge on any atom is -0.495 e. The van der Waals surface area contributed by atoms with E-state index < -0.39 is 34.3 Å². The molecule has 1 saturated carbocycles. The SMILES string of the molecule is CC[C@H](C(=O)NC1CCCC1)N(Cc1ccc(F)cc1)C(=O)CN(c1ccccc1OC)S(=O)(=O)c1ccccc1. The van der Waals surface area contributed by atoms with E-state index in [-0.39, 0.29) is 34.8 Å². The Morgan fingerprint density at radius 2 is 1.61 bits per heavy atom. The summed E-state index contributed by atoms with van der Waals surface area (Å²) in [7, 11) is -2.78. The molecule has 1 fully saturated rings. The summed E-state index contributed by atoms with van der Waals surface area (Å²) in [6.45, 7) is 1.23. The average molecular weight is 582 g/mol. The van der Waals surface area contributed by atoms with Crippen molar-refractivity contribution in [3.8, 4) is 5.75 Å². The van der Waals surface area contributed by atoms with Gasteiger partial charge in [0.2, 0.25) is 11.8 Å². The lowest BCUT2D eigenvalue weighted by Crippen LogP contribution is -2.53. The van der Waals surface area contributed by atoms with Crippen molar-refractivity contribution in [2.45, 2.75) is 62.6 Å². The van der Waals surface area contributed by atoms with Gasteiger partial charge in [0.25, 0.3) is 10.0 Å². The number of nitrogens with zero attached hydrogens (tertiary/aromatic N) is 2. The van der Waals surface area contributed by atoms with Crippen molar-refractivity contribution in [3.05, 3.63) is 90.2 Å². The number of nitrogens with one attached hydrogen (secondary N) is 1. The van der Waals surface area contributed by atoms with Crippen molar-refractivity contribution in [2.24, 2.45) is 0 Å². The van der Waals surface area contributed by atoms with Crippen LogP contribution in [0.4, 0.5) is 10.1 Å². The second-order valence-electron chi connectivity index (χ2n) is 10.1. The molecule has 0 saturated heterocycles. The fourth-order valence-electron chi connectivity index (χ4n) is 5.14. The molecule has 4 rings (SSSR count). The summed E-state index contributed by atoms with van der Waals surface area (Å²) in [6, 6.07) is 19.3. The van der Waals surface area contributed by atoms with Crippen molar-refractivity contribution in [1.29, 1.82) is 0 Å². The van der Waals surface area contributed by atoms with Gasteiger partial charge in [0.05, 0.1) is 17.7 Å². The van der Waals surface area contributed by atoms with Crippen LogP contribution < -0.4 is 14.4 Å². The van der Waals surface area contributed by atoms with E-state index in [1.54, 1.807) is 54.6 Å². The highest BCUT2D eigenvalue weighted by Crippen LogP contribution is 2.32. The second-order valence-corrected chi connectivity index (χ2v) is 11.9. The summed E-state index contributed by atoms with van der Waals surface area (Å²) in [5.41, 5.74) is 0.805. The van der Waals surface area contributed by atoms with Crippen molar-refractivity contribution in [2.75, 3.05) is 18.0 Å². The predicted molar refractivity (Wildman–Crippen MR) is 155 cm³/mol. The Kier molecular flexibility index (Phi) is 9.99. The van der Waals surface area contributed by atoms with Gasteiger partial charge in [-0.25, -0.2) is 12.8 Å². The van der Waals surface area contributed by atoms with E-state index in [1.807, 2.05) is 6.92 Å². The van der Waals surface area contributed by atoms with Gasteiger partial charge in [-0.1, -0.05) is 62.2 Å². The summed E-state index contributed by atoms with van der Waals surface area (Å²) in [4.78, 5) is 29.0. The molecule has 0 bridgehead atoms. The van der Waals surface area contributed by atoms with Crippen LogP contribution in [0.5, 0.6) is 5.75 Å². The molecule has 2 amide bonds. The number of anilines is 1. The average Bonchev–Trinajstić information content (AvgIpc) is 3.50. The maximum absolute atomic E-state index is 14.1. The number of hydrogen-bond acceptors (Lipinski definition) is 5. The fraction of sp³-hybridized carbons (Fsp3) is 0.355. The molecule has 41 heavy (non-hydrogen) atoms. The normalized spacial score (nSPS) is 14.3. The molecule has 0 aromatic heterocycles. The van der Waals surface area contributed by atoms with Gasteiger partial charge in [0, 0.05) is 12.6 Å². The number of rotatable bonds is 12. The van der Waals surface area contributed by atoms with Crippen LogP contribution in [0.1, 0.15) is 44.6 Å². The zero-order valence-electron chi connectivity index (χ0n) is 23.3. The molecular weight excluding hydrogens is 545 g/mol. The van der Waals surface area contributed by atoms with Crippen LogP contribution in [-0.2, 0) is 26.2 Å². The van der Waals surface area contributed by atoms with Gasteiger partial charge in [-0.2, -0.15) is 0 Å². The van der Waals surface area contributed by atoms with Crippen LogP contribution in [0, 0.1) is 5.82 Å². The highest BCUT2D eigenvalue weighted by molar-refractivity contribution is 7.92. The van der Waals surface area contributed by atoms with Gasteiger partial charge in [-0.15, -0.1) is 0 Å². The summed E-state index contributed by atoms with van der Waals surface area (Å²) in [5.74, 6) is -1.01. The van der Waals surface area contributed by atoms with E-state index in [0.717, 1.165) is 30.0 Å². The molecule has 1 atom stereocenters. The van der Waals surface area contributed by atoms with E-state index in [4.69, 9.17) is 4.74 Å². The van der Waals surface area contributed by atoms with Crippen LogP contribution in [0.15, 0.2) is 83.8 Å². The number of hydrogen-bond donors (Lipinski definition) is 1.